The number of carbonyl (C=O) groups is 2. The number of hydrogen-bond donors (Lipinski definition) is 1. The molecule has 1 fully saturated rings. The van der Waals surface area contributed by atoms with Crippen LogP contribution in [0.25, 0.3) is 0 Å². The normalized spacial score (nSPS) is 15.4. The van der Waals surface area contributed by atoms with Gasteiger partial charge in [0.2, 0.25) is 10.0 Å². The molecule has 0 spiro atoms. The lowest BCUT2D eigenvalue weighted by Gasteiger charge is -2.26. The number of amides is 1. The second-order valence-corrected chi connectivity index (χ2v) is 9.09. The summed E-state index contributed by atoms with van der Waals surface area (Å²) >= 11 is 0. The van der Waals surface area contributed by atoms with Gasteiger partial charge in [0.25, 0.3) is 5.91 Å². The Morgan fingerprint density at radius 1 is 1.06 bits per heavy atom. The summed E-state index contributed by atoms with van der Waals surface area (Å²) in [4.78, 5) is 25.2. The van der Waals surface area contributed by atoms with Gasteiger partial charge in [-0.15, -0.1) is 0 Å². The molecule has 1 amide bonds. The molecule has 1 N–H and O–H groups in total. The molecule has 3 rings (SSSR count). The third kappa shape index (κ3) is 5.81. The molecule has 1 aliphatic heterocycles. The molecule has 0 aromatic heterocycles. The van der Waals surface area contributed by atoms with Gasteiger partial charge in [0.1, 0.15) is 17.1 Å². The van der Waals surface area contributed by atoms with Gasteiger partial charge in [-0.25, -0.2) is 13.2 Å². The monoisotopic (exact) mass is 478 g/mol. The van der Waals surface area contributed by atoms with Gasteiger partial charge in [0.05, 0.1) is 32.3 Å². The van der Waals surface area contributed by atoms with Crippen molar-refractivity contribution in [3.63, 3.8) is 0 Å². The smallest absolute Gasteiger partial charge is 0.342 e. The Morgan fingerprint density at radius 2 is 1.79 bits per heavy atom. The molecule has 0 unspecified atom stereocenters. The number of nitrogens with one attached hydrogen (secondary N) is 1. The number of ether oxygens (including phenoxy) is 4. The summed E-state index contributed by atoms with van der Waals surface area (Å²) in [6.45, 7) is 2.61. The maximum Gasteiger partial charge on any atom is 0.342 e. The van der Waals surface area contributed by atoms with Crippen LogP contribution in [0, 0.1) is 0 Å². The van der Waals surface area contributed by atoms with Crippen LogP contribution in [0.1, 0.15) is 17.3 Å². The Kier molecular flexibility index (Phi) is 7.90. The fourth-order valence-corrected chi connectivity index (χ4v) is 4.61. The Labute approximate surface area is 192 Å². The molecule has 0 radical (unpaired) electrons. The fraction of sp³-hybridized carbons (Fsp3) is 0.364. The van der Waals surface area contributed by atoms with E-state index in [0.29, 0.717) is 19.0 Å². The highest BCUT2D eigenvalue weighted by Gasteiger charge is 2.27. The van der Waals surface area contributed by atoms with Gasteiger partial charge < -0.3 is 24.3 Å². The van der Waals surface area contributed by atoms with E-state index in [0.717, 1.165) is 0 Å². The van der Waals surface area contributed by atoms with Gasteiger partial charge in [0.15, 0.2) is 6.10 Å². The first kappa shape index (κ1) is 24.5. The van der Waals surface area contributed by atoms with Crippen LogP contribution in [-0.4, -0.2) is 71.2 Å². The summed E-state index contributed by atoms with van der Waals surface area (Å²) in [5.41, 5.74) is 0.399. The number of benzene rings is 2. The number of sulfonamides is 1. The number of hydrogen-bond acceptors (Lipinski definition) is 8. The first-order chi connectivity index (χ1) is 15.8. The molecule has 2 aromatic carbocycles. The summed E-state index contributed by atoms with van der Waals surface area (Å²) in [7, 11) is -0.828. The average Bonchev–Trinajstić information content (AvgIpc) is 2.84. The summed E-state index contributed by atoms with van der Waals surface area (Å²) in [6, 6.07) is 10.5. The lowest BCUT2D eigenvalue weighted by atomic mass is 10.2. The van der Waals surface area contributed by atoms with Gasteiger partial charge >= 0.3 is 5.97 Å². The van der Waals surface area contributed by atoms with Crippen molar-refractivity contribution >= 4 is 27.6 Å². The first-order valence-electron chi connectivity index (χ1n) is 10.2. The van der Waals surface area contributed by atoms with Crippen LogP contribution >= 0.6 is 0 Å². The number of carbonyl (C=O) groups excluding carboxylic acids is 2. The topological polar surface area (TPSA) is 120 Å². The van der Waals surface area contributed by atoms with E-state index in [4.69, 9.17) is 18.9 Å². The van der Waals surface area contributed by atoms with Crippen molar-refractivity contribution in [1.82, 2.24) is 4.31 Å². The van der Waals surface area contributed by atoms with Crippen molar-refractivity contribution < 1.29 is 37.0 Å². The summed E-state index contributed by atoms with van der Waals surface area (Å²) < 4.78 is 47.8. The van der Waals surface area contributed by atoms with Crippen LogP contribution in [0.3, 0.4) is 0 Å². The molecule has 1 heterocycles. The molecular weight excluding hydrogens is 452 g/mol. The van der Waals surface area contributed by atoms with Crippen LogP contribution in [0.2, 0.25) is 0 Å². The number of rotatable bonds is 8. The Morgan fingerprint density at radius 3 is 2.45 bits per heavy atom. The van der Waals surface area contributed by atoms with E-state index in [1.165, 1.54) is 55.8 Å². The van der Waals surface area contributed by atoms with Crippen molar-refractivity contribution in [3.05, 3.63) is 48.0 Å². The lowest BCUT2D eigenvalue weighted by molar-refractivity contribution is -0.123. The minimum Gasteiger partial charge on any atom is -0.497 e. The molecule has 33 heavy (non-hydrogen) atoms. The van der Waals surface area contributed by atoms with Gasteiger partial charge in [-0.1, -0.05) is 6.07 Å². The maximum atomic E-state index is 12.8. The van der Waals surface area contributed by atoms with E-state index in [9.17, 15) is 18.0 Å². The fourth-order valence-electron chi connectivity index (χ4n) is 3.16. The van der Waals surface area contributed by atoms with E-state index in [1.807, 2.05) is 0 Å². The molecule has 2 aromatic rings. The highest BCUT2D eigenvalue weighted by atomic mass is 32.2. The molecule has 10 nitrogen and oxygen atoms in total. The minimum atomic E-state index is -3.72. The number of methoxy groups -OCH3 is 2. The second kappa shape index (κ2) is 10.6. The highest BCUT2D eigenvalue weighted by molar-refractivity contribution is 7.89. The average molecular weight is 479 g/mol. The highest BCUT2D eigenvalue weighted by Crippen LogP contribution is 2.26. The number of anilines is 1. The van der Waals surface area contributed by atoms with Crippen LogP contribution in [-0.2, 0) is 24.3 Å². The zero-order valence-electron chi connectivity index (χ0n) is 18.6. The SMILES string of the molecule is COc1ccc(C(=O)O[C@H](C)C(=O)Nc2cccc(S(=O)(=O)N3CCOCC3)c2)c(OC)c1. The molecule has 1 atom stereocenters. The molecule has 0 bridgehead atoms. The summed E-state index contributed by atoms with van der Waals surface area (Å²) in [5, 5.41) is 2.59. The van der Waals surface area contributed by atoms with Crippen molar-refractivity contribution in [1.29, 1.82) is 0 Å². The molecule has 178 valence electrons. The zero-order chi connectivity index (χ0) is 24.0. The molecule has 11 heteroatoms. The molecule has 0 aliphatic carbocycles. The minimum absolute atomic E-state index is 0.0508. The molecule has 1 aliphatic rings. The van der Waals surface area contributed by atoms with Crippen molar-refractivity contribution in [2.75, 3.05) is 45.8 Å². The number of esters is 1. The summed E-state index contributed by atoms with van der Waals surface area (Å²) in [6.07, 6.45) is -1.15. The molecular formula is C22H26N2O8S. The number of nitrogens with zero attached hydrogens (tertiary/aromatic N) is 1. The quantitative estimate of drug-likeness (QED) is 0.572. The number of morpholine rings is 1. The van der Waals surface area contributed by atoms with Gasteiger partial charge in [0, 0.05) is 24.8 Å². The zero-order valence-corrected chi connectivity index (χ0v) is 19.4. The van der Waals surface area contributed by atoms with Gasteiger partial charge in [-0.3, -0.25) is 4.79 Å². The van der Waals surface area contributed by atoms with E-state index in [-0.39, 0.29) is 35.0 Å². The van der Waals surface area contributed by atoms with Crippen LogP contribution in [0.15, 0.2) is 47.4 Å². The Bertz CT molecular complexity index is 1110. The van der Waals surface area contributed by atoms with Crippen molar-refractivity contribution in [3.8, 4) is 11.5 Å². The van der Waals surface area contributed by atoms with Crippen molar-refractivity contribution in [2.24, 2.45) is 0 Å². The predicted octanol–water partition coefficient (Wildman–Crippen LogP) is 1.91. The first-order valence-corrected chi connectivity index (χ1v) is 11.6. The van der Waals surface area contributed by atoms with E-state index >= 15 is 0 Å². The standard InChI is InChI=1S/C22H26N2O8S/c1-15(32-22(26)19-8-7-17(29-2)14-20(19)30-3)21(25)23-16-5-4-6-18(13-16)33(27,28)24-9-11-31-12-10-24/h4-8,13-15H,9-12H2,1-3H3,(H,23,25)/t15-/m1/s1. The Balaban J connectivity index is 1.68. The van der Waals surface area contributed by atoms with Gasteiger partial charge in [-0.05, 0) is 37.3 Å². The molecule has 1 saturated heterocycles. The third-order valence-corrected chi connectivity index (χ3v) is 6.89. The largest absolute Gasteiger partial charge is 0.497 e. The summed E-state index contributed by atoms with van der Waals surface area (Å²) in [5.74, 6) is -0.619. The van der Waals surface area contributed by atoms with E-state index in [2.05, 4.69) is 5.32 Å². The third-order valence-electron chi connectivity index (χ3n) is 4.99. The predicted molar refractivity (Wildman–Crippen MR) is 119 cm³/mol. The Hall–Kier alpha value is -3.15. The lowest BCUT2D eigenvalue weighted by Crippen LogP contribution is -2.40. The maximum absolute atomic E-state index is 12.8. The second-order valence-electron chi connectivity index (χ2n) is 7.15. The van der Waals surface area contributed by atoms with E-state index < -0.39 is 28.0 Å². The van der Waals surface area contributed by atoms with Crippen LogP contribution in [0.4, 0.5) is 5.69 Å². The van der Waals surface area contributed by atoms with Crippen LogP contribution in [0.5, 0.6) is 11.5 Å². The van der Waals surface area contributed by atoms with Gasteiger partial charge in [-0.2, -0.15) is 4.31 Å². The van der Waals surface area contributed by atoms with Crippen LogP contribution < -0.4 is 14.8 Å². The molecule has 0 saturated carbocycles. The van der Waals surface area contributed by atoms with E-state index in [1.54, 1.807) is 12.1 Å². The van der Waals surface area contributed by atoms with Crippen molar-refractivity contribution in [2.45, 2.75) is 17.9 Å².